The predicted molar refractivity (Wildman–Crippen MR) is 137 cm³/mol. The zero-order valence-corrected chi connectivity index (χ0v) is 23.1. The van der Waals surface area contributed by atoms with E-state index in [-0.39, 0.29) is 40.4 Å². The van der Waals surface area contributed by atoms with Crippen LogP contribution < -0.4 is 26.6 Å². The van der Waals surface area contributed by atoms with Crippen molar-refractivity contribution >= 4 is 33.2 Å². The van der Waals surface area contributed by atoms with Gasteiger partial charge in [0, 0.05) is 38.4 Å². The molecule has 1 fully saturated rings. The Bertz CT molecular complexity index is 1510. The molecule has 0 unspecified atom stereocenters. The van der Waals surface area contributed by atoms with Crippen LogP contribution in [-0.4, -0.2) is 57.1 Å². The summed E-state index contributed by atoms with van der Waals surface area (Å²) >= 11 is 6.25. The number of carbonyl (C=O) groups is 1. The van der Waals surface area contributed by atoms with Crippen molar-refractivity contribution in [2.24, 2.45) is 0 Å². The normalized spacial score (nSPS) is 15.4. The number of nitrogens with zero attached hydrogens (tertiary/aromatic N) is 2. The number of ether oxygens (including phenoxy) is 2. The van der Waals surface area contributed by atoms with Gasteiger partial charge in [-0.05, 0) is 54.1 Å². The molecule has 14 heteroatoms. The summed E-state index contributed by atoms with van der Waals surface area (Å²) in [6.07, 6.45) is -4.63. The standard InChI is InChI=1S/C26H23ClF3N3O5S.ClH/c27-22-6-5-20(39(35,36)31-19-3-1-2-18(13-19)26(28,29)30)14-21(22)25(34)33-10-8-32(9-11-33)15-17-4-7-23-24(12-17)38-16-37-23;/h1-7,12-14,31H,8-11,15-16H2;1H/p-1. The second kappa shape index (κ2) is 11.7. The molecule has 1 N–H and O–H groups in total. The van der Waals surface area contributed by atoms with Gasteiger partial charge in [-0.1, -0.05) is 23.7 Å². The van der Waals surface area contributed by atoms with Crippen LogP contribution in [-0.2, 0) is 22.7 Å². The third kappa shape index (κ3) is 6.57. The van der Waals surface area contributed by atoms with Gasteiger partial charge in [-0.3, -0.25) is 14.4 Å². The van der Waals surface area contributed by atoms with Gasteiger partial charge in [0.05, 0.1) is 21.0 Å². The van der Waals surface area contributed by atoms with Crippen LogP contribution in [0.2, 0.25) is 5.02 Å². The molecule has 5 rings (SSSR count). The van der Waals surface area contributed by atoms with E-state index in [1.807, 2.05) is 18.2 Å². The molecule has 0 radical (unpaired) electrons. The number of anilines is 1. The van der Waals surface area contributed by atoms with Gasteiger partial charge in [0.1, 0.15) is 0 Å². The molecule has 1 saturated heterocycles. The van der Waals surface area contributed by atoms with E-state index in [0.29, 0.717) is 50.3 Å². The lowest BCUT2D eigenvalue weighted by molar-refractivity contribution is -0.137. The van der Waals surface area contributed by atoms with Gasteiger partial charge in [0.15, 0.2) is 11.5 Å². The van der Waals surface area contributed by atoms with E-state index in [9.17, 15) is 26.4 Å². The van der Waals surface area contributed by atoms with Crippen molar-refractivity contribution in [2.75, 3.05) is 37.7 Å². The van der Waals surface area contributed by atoms with E-state index >= 15 is 0 Å². The molecular formula is C26H23Cl2F3N3O5S-. The van der Waals surface area contributed by atoms with Gasteiger partial charge in [-0.15, -0.1) is 0 Å². The van der Waals surface area contributed by atoms with Gasteiger partial charge >= 0.3 is 6.18 Å². The summed E-state index contributed by atoms with van der Waals surface area (Å²) in [5, 5.41) is 0.0702. The summed E-state index contributed by atoms with van der Waals surface area (Å²) in [5.41, 5.74) is -0.209. The minimum Gasteiger partial charge on any atom is -1.00 e. The number of fused-ring (bicyclic) bond motifs is 1. The lowest BCUT2D eigenvalue weighted by Crippen LogP contribution is -3.00. The van der Waals surface area contributed by atoms with Crippen LogP contribution in [0.1, 0.15) is 21.5 Å². The summed E-state index contributed by atoms with van der Waals surface area (Å²) in [6, 6.07) is 13.2. The first-order chi connectivity index (χ1) is 18.5. The second-order valence-corrected chi connectivity index (χ2v) is 11.2. The maximum Gasteiger partial charge on any atom is 0.416 e. The number of hydrogen-bond acceptors (Lipinski definition) is 6. The Kier molecular flexibility index (Phi) is 8.74. The van der Waals surface area contributed by atoms with Crippen LogP contribution in [0, 0.1) is 0 Å². The zero-order valence-electron chi connectivity index (χ0n) is 20.7. The molecule has 3 aromatic rings. The van der Waals surface area contributed by atoms with E-state index in [1.54, 1.807) is 4.90 Å². The average molecular weight is 617 g/mol. The molecule has 0 atom stereocenters. The third-order valence-corrected chi connectivity index (χ3v) is 8.13. The van der Waals surface area contributed by atoms with Crippen molar-refractivity contribution in [3.05, 3.63) is 82.4 Å². The Hall–Kier alpha value is -3.19. The highest BCUT2D eigenvalue weighted by Gasteiger charge is 2.31. The summed E-state index contributed by atoms with van der Waals surface area (Å²) in [6.45, 7) is 2.85. The fourth-order valence-electron chi connectivity index (χ4n) is 4.39. The molecule has 2 heterocycles. The SMILES string of the molecule is O=C(c1cc(S(=O)(=O)Nc2cccc(C(F)(F)F)c2)ccc1Cl)N1CCN(Cc2ccc3c(c2)OCO3)CC1.[Cl-]. The summed E-state index contributed by atoms with van der Waals surface area (Å²) < 4.78 is 77.8. The molecule has 8 nitrogen and oxygen atoms in total. The fraction of sp³-hybridized carbons (Fsp3) is 0.269. The van der Waals surface area contributed by atoms with Crippen molar-refractivity contribution in [2.45, 2.75) is 17.6 Å². The van der Waals surface area contributed by atoms with Gasteiger partial charge in [0.2, 0.25) is 6.79 Å². The number of halogens is 5. The molecular weight excluding hydrogens is 594 g/mol. The van der Waals surface area contributed by atoms with Gasteiger partial charge in [-0.2, -0.15) is 13.2 Å². The zero-order chi connectivity index (χ0) is 27.8. The number of nitrogens with one attached hydrogen (secondary N) is 1. The van der Waals surface area contributed by atoms with Gasteiger partial charge in [0.25, 0.3) is 15.9 Å². The van der Waals surface area contributed by atoms with Crippen molar-refractivity contribution in [3.8, 4) is 11.5 Å². The predicted octanol–water partition coefficient (Wildman–Crippen LogP) is 1.85. The maximum atomic E-state index is 13.3. The van der Waals surface area contributed by atoms with E-state index in [2.05, 4.69) is 9.62 Å². The first kappa shape index (κ1) is 29.8. The van der Waals surface area contributed by atoms with Gasteiger partial charge in [-0.25, -0.2) is 8.42 Å². The molecule has 0 spiro atoms. The van der Waals surface area contributed by atoms with E-state index in [0.717, 1.165) is 23.8 Å². The highest BCUT2D eigenvalue weighted by Crippen LogP contribution is 2.33. The lowest BCUT2D eigenvalue weighted by atomic mass is 10.1. The molecule has 0 aliphatic carbocycles. The molecule has 0 bridgehead atoms. The van der Waals surface area contributed by atoms with Crippen molar-refractivity contribution < 1.29 is 48.3 Å². The summed E-state index contributed by atoms with van der Waals surface area (Å²) in [4.78, 5) is 16.7. The summed E-state index contributed by atoms with van der Waals surface area (Å²) in [5.74, 6) is 0.979. The molecule has 0 saturated carbocycles. The van der Waals surface area contributed by atoms with Crippen molar-refractivity contribution in [3.63, 3.8) is 0 Å². The number of hydrogen-bond donors (Lipinski definition) is 1. The molecule has 0 aromatic heterocycles. The number of amides is 1. The number of benzene rings is 3. The number of piperazine rings is 1. The van der Waals surface area contributed by atoms with Crippen LogP contribution >= 0.6 is 11.6 Å². The Balaban J connectivity index is 0.00000370. The highest BCUT2D eigenvalue weighted by atomic mass is 35.5. The Morgan fingerprint density at radius 2 is 1.68 bits per heavy atom. The van der Waals surface area contributed by atoms with E-state index < -0.39 is 27.7 Å². The number of carbonyl (C=O) groups excluding carboxylic acids is 1. The number of sulfonamides is 1. The minimum atomic E-state index is -4.63. The maximum absolute atomic E-state index is 13.3. The van der Waals surface area contributed by atoms with Crippen LogP contribution in [0.5, 0.6) is 11.5 Å². The number of alkyl halides is 3. The molecule has 40 heavy (non-hydrogen) atoms. The first-order valence-electron chi connectivity index (χ1n) is 11.9. The summed E-state index contributed by atoms with van der Waals surface area (Å²) in [7, 11) is -4.30. The number of rotatable bonds is 6. The molecule has 214 valence electrons. The van der Waals surface area contributed by atoms with Crippen LogP contribution in [0.25, 0.3) is 0 Å². The monoisotopic (exact) mass is 616 g/mol. The smallest absolute Gasteiger partial charge is 0.416 e. The van der Waals surface area contributed by atoms with E-state index in [4.69, 9.17) is 21.1 Å². The molecule has 1 amide bonds. The largest absolute Gasteiger partial charge is 1.00 e. The molecule has 2 aliphatic heterocycles. The molecule has 3 aromatic carbocycles. The average Bonchev–Trinajstić information content (AvgIpc) is 3.36. The Morgan fingerprint density at radius 1 is 0.950 bits per heavy atom. The fourth-order valence-corrected chi connectivity index (χ4v) is 5.66. The molecule has 2 aliphatic rings. The topological polar surface area (TPSA) is 88.2 Å². The van der Waals surface area contributed by atoms with E-state index in [1.165, 1.54) is 18.2 Å². The van der Waals surface area contributed by atoms with Crippen molar-refractivity contribution in [1.82, 2.24) is 9.80 Å². The van der Waals surface area contributed by atoms with Gasteiger partial charge < -0.3 is 26.8 Å². The lowest BCUT2D eigenvalue weighted by Gasteiger charge is -2.35. The van der Waals surface area contributed by atoms with Crippen LogP contribution in [0.3, 0.4) is 0 Å². The third-order valence-electron chi connectivity index (χ3n) is 6.42. The second-order valence-electron chi connectivity index (χ2n) is 9.08. The Morgan fingerprint density at radius 3 is 2.40 bits per heavy atom. The Labute approximate surface area is 240 Å². The quantitative estimate of drug-likeness (QED) is 0.455. The van der Waals surface area contributed by atoms with Crippen LogP contribution in [0.4, 0.5) is 18.9 Å². The highest BCUT2D eigenvalue weighted by molar-refractivity contribution is 7.92. The minimum absolute atomic E-state index is 0. The van der Waals surface area contributed by atoms with Crippen molar-refractivity contribution in [1.29, 1.82) is 0 Å². The van der Waals surface area contributed by atoms with Crippen LogP contribution in [0.15, 0.2) is 65.6 Å². The first-order valence-corrected chi connectivity index (χ1v) is 13.8.